The number of para-hydroxylation sites is 1. The van der Waals surface area contributed by atoms with Crippen LogP contribution in [0, 0.1) is 5.82 Å². The number of ether oxygens (including phenoxy) is 1. The van der Waals surface area contributed by atoms with Gasteiger partial charge in [0.1, 0.15) is 0 Å². The second kappa shape index (κ2) is 7.59. The number of nitrogens with zero attached hydrogens (tertiary/aromatic N) is 1. The van der Waals surface area contributed by atoms with E-state index in [-0.39, 0.29) is 24.3 Å². The smallest absolute Gasteiger partial charge is 0.261 e. The minimum absolute atomic E-state index is 0.0388. The molecule has 4 heteroatoms. The van der Waals surface area contributed by atoms with Crippen LogP contribution in [-0.4, -0.2) is 23.5 Å². The van der Waals surface area contributed by atoms with Gasteiger partial charge < -0.3 is 9.64 Å². The zero-order chi connectivity index (χ0) is 15.9. The van der Waals surface area contributed by atoms with Crippen LogP contribution in [0.15, 0.2) is 54.6 Å². The van der Waals surface area contributed by atoms with E-state index in [2.05, 4.69) is 0 Å². The molecule has 1 amide bonds. The zero-order valence-electron chi connectivity index (χ0n) is 12.8. The highest BCUT2D eigenvalue weighted by atomic mass is 19.1. The number of amides is 1. The molecular formula is C18H20FNO2. The van der Waals surface area contributed by atoms with E-state index in [0.717, 1.165) is 5.56 Å². The van der Waals surface area contributed by atoms with Gasteiger partial charge in [0.25, 0.3) is 5.91 Å². The summed E-state index contributed by atoms with van der Waals surface area (Å²) in [6, 6.07) is 15.9. The number of carbonyl (C=O) groups is 1. The van der Waals surface area contributed by atoms with E-state index >= 15 is 0 Å². The maximum atomic E-state index is 13.5. The van der Waals surface area contributed by atoms with Crippen LogP contribution in [0.4, 0.5) is 4.39 Å². The van der Waals surface area contributed by atoms with Gasteiger partial charge in [0, 0.05) is 12.6 Å². The highest BCUT2D eigenvalue weighted by Gasteiger charge is 2.18. The van der Waals surface area contributed by atoms with Crippen molar-refractivity contribution in [1.29, 1.82) is 0 Å². The number of halogens is 1. The summed E-state index contributed by atoms with van der Waals surface area (Å²) in [5.74, 6) is -0.532. The fourth-order valence-corrected chi connectivity index (χ4v) is 2.12. The third-order valence-corrected chi connectivity index (χ3v) is 3.33. The standard InChI is InChI=1S/C18H20FNO2/c1-14(2)20(12-15-8-4-3-5-9-15)18(21)13-22-17-11-7-6-10-16(17)19/h3-11,14H,12-13H2,1-2H3. The molecule has 0 aliphatic heterocycles. The molecule has 0 aromatic heterocycles. The Morgan fingerprint density at radius 1 is 1.09 bits per heavy atom. The van der Waals surface area contributed by atoms with Crippen LogP contribution >= 0.6 is 0 Å². The Morgan fingerprint density at radius 3 is 2.36 bits per heavy atom. The number of carbonyl (C=O) groups excluding carboxylic acids is 1. The van der Waals surface area contributed by atoms with Crippen LogP contribution in [0.3, 0.4) is 0 Å². The number of rotatable bonds is 6. The fraction of sp³-hybridized carbons (Fsp3) is 0.278. The van der Waals surface area contributed by atoms with Crippen molar-refractivity contribution >= 4 is 5.91 Å². The van der Waals surface area contributed by atoms with Gasteiger partial charge in [-0.2, -0.15) is 0 Å². The minimum atomic E-state index is -0.463. The number of hydrogen-bond acceptors (Lipinski definition) is 2. The first-order valence-electron chi connectivity index (χ1n) is 7.28. The third-order valence-electron chi connectivity index (χ3n) is 3.33. The normalized spacial score (nSPS) is 10.5. The van der Waals surface area contributed by atoms with Crippen molar-refractivity contribution in [3.05, 3.63) is 66.0 Å². The molecule has 3 nitrogen and oxygen atoms in total. The van der Waals surface area contributed by atoms with Crippen LogP contribution in [0.1, 0.15) is 19.4 Å². The topological polar surface area (TPSA) is 29.5 Å². The van der Waals surface area contributed by atoms with Crippen molar-refractivity contribution in [2.24, 2.45) is 0 Å². The van der Waals surface area contributed by atoms with E-state index in [0.29, 0.717) is 6.54 Å². The van der Waals surface area contributed by atoms with Gasteiger partial charge in [-0.15, -0.1) is 0 Å². The van der Waals surface area contributed by atoms with Gasteiger partial charge >= 0.3 is 0 Å². The molecule has 0 fully saturated rings. The Labute approximate surface area is 130 Å². The van der Waals surface area contributed by atoms with Crippen molar-refractivity contribution in [1.82, 2.24) is 4.90 Å². The van der Waals surface area contributed by atoms with Crippen LogP contribution in [0.2, 0.25) is 0 Å². The van der Waals surface area contributed by atoms with Gasteiger partial charge in [0.15, 0.2) is 18.2 Å². The van der Waals surface area contributed by atoms with Gasteiger partial charge in [0.05, 0.1) is 0 Å². The van der Waals surface area contributed by atoms with Crippen molar-refractivity contribution in [2.75, 3.05) is 6.61 Å². The molecule has 0 saturated carbocycles. The van der Waals surface area contributed by atoms with Crippen molar-refractivity contribution in [3.63, 3.8) is 0 Å². The van der Waals surface area contributed by atoms with Gasteiger partial charge in [-0.3, -0.25) is 4.79 Å². The lowest BCUT2D eigenvalue weighted by Gasteiger charge is -2.27. The van der Waals surface area contributed by atoms with Gasteiger partial charge in [-0.25, -0.2) is 4.39 Å². The van der Waals surface area contributed by atoms with Crippen LogP contribution in [-0.2, 0) is 11.3 Å². The maximum absolute atomic E-state index is 13.5. The maximum Gasteiger partial charge on any atom is 0.261 e. The molecular weight excluding hydrogens is 281 g/mol. The average Bonchev–Trinajstić information content (AvgIpc) is 2.52. The molecule has 0 aliphatic carbocycles. The monoisotopic (exact) mass is 301 g/mol. The number of benzene rings is 2. The number of hydrogen-bond donors (Lipinski definition) is 0. The van der Waals surface area contributed by atoms with Gasteiger partial charge in [0.2, 0.25) is 0 Å². The second-order valence-electron chi connectivity index (χ2n) is 5.32. The molecule has 0 N–H and O–H groups in total. The average molecular weight is 301 g/mol. The molecule has 0 heterocycles. The van der Waals surface area contributed by atoms with Crippen LogP contribution in [0.5, 0.6) is 5.75 Å². The fourth-order valence-electron chi connectivity index (χ4n) is 2.12. The molecule has 0 radical (unpaired) electrons. The molecule has 2 aromatic carbocycles. The molecule has 116 valence electrons. The predicted molar refractivity (Wildman–Crippen MR) is 84.0 cm³/mol. The molecule has 2 rings (SSSR count). The summed E-state index contributed by atoms with van der Waals surface area (Å²) < 4.78 is 18.8. The van der Waals surface area contributed by atoms with Crippen molar-refractivity contribution < 1.29 is 13.9 Å². The van der Waals surface area contributed by atoms with E-state index in [1.807, 2.05) is 44.2 Å². The Hall–Kier alpha value is -2.36. The molecule has 0 saturated heterocycles. The lowest BCUT2D eigenvalue weighted by Crippen LogP contribution is -2.39. The summed E-state index contributed by atoms with van der Waals surface area (Å²) in [5, 5.41) is 0. The molecule has 22 heavy (non-hydrogen) atoms. The minimum Gasteiger partial charge on any atom is -0.481 e. The highest BCUT2D eigenvalue weighted by Crippen LogP contribution is 2.16. The van der Waals surface area contributed by atoms with E-state index < -0.39 is 5.82 Å². The van der Waals surface area contributed by atoms with Crippen LogP contribution in [0.25, 0.3) is 0 Å². The lowest BCUT2D eigenvalue weighted by atomic mass is 10.2. The largest absolute Gasteiger partial charge is 0.481 e. The quantitative estimate of drug-likeness (QED) is 0.815. The summed E-state index contributed by atoms with van der Waals surface area (Å²) in [5.41, 5.74) is 1.05. The van der Waals surface area contributed by atoms with E-state index in [4.69, 9.17) is 4.74 Å². The molecule has 0 unspecified atom stereocenters. The predicted octanol–water partition coefficient (Wildman–Crippen LogP) is 3.64. The van der Waals surface area contributed by atoms with E-state index in [9.17, 15) is 9.18 Å². The van der Waals surface area contributed by atoms with Gasteiger partial charge in [-0.05, 0) is 31.5 Å². The first-order valence-corrected chi connectivity index (χ1v) is 7.28. The molecule has 0 bridgehead atoms. The second-order valence-corrected chi connectivity index (χ2v) is 5.32. The summed E-state index contributed by atoms with van der Waals surface area (Å²) >= 11 is 0. The SMILES string of the molecule is CC(C)N(Cc1ccccc1)C(=O)COc1ccccc1F. The molecule has 0 atom stereocenters. The van der Waals surface area contributed by atoms with Crippen LogP contribution < -0.4 is 4.74 Å². The highest BCUT2D eigenvalue weighted by molar-refractivity contribution is 5.78. The first kappa shape index (κ1) is 16.0. The molecule has 0 aliphatic rings. The summed E-state index contributed by atoms with van der Waals surface area (Å²) in [6.07, 6.45) is 0. The van der Waals surface area contributed by atoms with Gasteiger partial charge in [-0.1, -0.05) is 42.5 Å². The molecule has 2 aromatic rings. The zero-order valence-corrected chi connectivity index (χ0v) is 12.8. The Balaban J connectivity index is 2.00. The van der Waals surface area contributed by atoms with Crippen molar-refractivity contribution in [2.45, 2.75) is 26.4 Å². The van der Waals surface area contributed by atoms with Crippen molar-refractivity contribution in [3.8, 4) is 5.75 Å². The molecule has 0 spiro atoms. The summed E-state index contributed by atoms with van der Waals surface area (Å²) in [4.78, 5) is 14.1. The summed E-state index contributed by atoms with van der Waals surface area (Å²) in [7, 11) is 0. The van der Waals surface area contributed by atoms with E-state index in [1.54, 1.807) is 17.0 Å². The lowest BCUT2D eigenvalue weighted by molar-refractivity contribution is -0.135. The first-order chi connectivity index (χ1) is 10.6. The third kappa shape index (κ3) is 4.32. The Kier molecular flexibility index (Phi) is 5.53. The van der Waals surface area contributed by atoms with E-state index in [1.165, 1.54) is 12.1 Å². The Bertz CT molecular complexity index is 613. The summed E-state index contributed by atoms with van der Waals surface area (Å²) in [6.45, 7) is 4.23. The Morgan fingerprint density at radius 2 is 1.73 bits per heavy atom.